The number of carboxylic acids is 1. The van der Waals surface area contributed by atoms with Crippen molar-refractivity contribution < 1.29 is 24.2 Å². The van der Waals surface area contributed by atoms with Crippen molar-refractivity contribution in [2.45, 2.75) is 38.3 Å². The van der Waals surface area contributed by atoms with Gasteiger partial charge in [-0.1, -0.05) is 6.92 Å². The summed E-state index contributed by atoms with van der Waals surface area (Å²) < 4.78 is 4.38. The number of ether oxygens (including phenoxy) is 1. The van der Waals surface area contributed by atoms with Crippen molar-refractivity contribution in [3.63, 3.8) is 0 Å². The van der Waals surface area contributed by atoms with Gasteiger partial charge in [-0.2, -0.15) is 0 Å². The lowest BCUT2D eigenvalue weighted by Gasteiger charge is -2.16. The van der Waals surface area contributed by atoms with Gasteiger partial charge in [-0.05, 0) is 12.8 Å². The summed E-state index contributed by atoms with van der Waals surface area (Å²) >= 11 is 0. The third-order valence-electron chi connectivity index (χ3n) is 2.26. The Balaban J connectivity index is 4.30. The summed E-state index contributed by atoms with van der Waals surface area (Å²) in [7, 11) is 1.21. The molecule has 0 rings (SSSR count). The second kappa shape index (κ2) is 7.61. The molecule has 0 spiro atoms. The molecule has 0 aliphatic carbocycles. The first-order valence-corrected chi connectivity index (χ1v) is 5.27. The van der Waals surface area contributed by atoms with Crippen molar-refractivity contribution in [2.75, 3.05) is 7.11 Å². The van der Waals surface area contributed by atoms with Gasteiger partial charge >= 0.3 is 11.9 Å². The highest BCUT2D eigenvalue weighted by Crippen LogP contribution is 2.00. The minimum atomic E-state index is -1.20. The van der Waals surface area contributed by atoms with E-state index in [2.05, 4.69) is 10.1 Å². The second-order valence-corrected chi connectivity index (χ2v) is 3.53. The lowest BCUT2D eigenvalue weighted by molar-refractivity contribution is -0.144. The van der Waals surface area contributed by atoms with Crippen LogP contribution in [0.3, 0.4) is 0 Å². The van der Waals surface area contributed by atoms with E-state index in [1.165, 1.54) is 7.11 Å². The Morgan fingerprint density at radius 1 is 1.41 bits per heavy atom. The highest BCUT2D eigenvalue weighted by molar-refractivity contribution is 5.87. The molecule has 1 amide bonds. The zero-order valence-corrected chi connectivity index (χ0v) is 9.93. The normalized spacial score (nSPS) is 13.6. The highest BCUT2D eigenvalue weighted by atomic mass is 16.5. The van der Waals surface area contributed by atoms with E-state index in [0.29, 0.717) is 6.42 Å². The predicted molar refractivity (Wildman–Crippen MR) is 59.1 cm³/mol. The van der Waals surface area contributed by atoms with Crippen molar-refractivity contribution in [1.82, 2.24) is 5.32 Å². The molecule has 0 aliphatic rings. The number of amides is 1. The van der Waals surface area contributed by atoms with Crippen LogP contribution in [-0.4, -0.2) is 42.1 Å². The topological polar surface area (TPSA) is 119 Å². The number of methoxy groups -OCH3 is 1. The van der Waals surface area contributed by atoms with Crippen LogP contribution in [0, 0.1) is 0 Å². The van der Waals surface area contributed by atoms with Crippen molar-refractivity contribution in [1.29, 1.82) is 0 Å². The quantitative estimate of drug-likeness (QED) is 0.508. The van der Waals surface area contributed by atoms with E-state index in [1.54, 1.807) is 6.92 Å². The summed E-state index contributed by atoms with van der Waals surface area (Å²) in [5.41, 5.74) is 5.45. The van der Waals surface area contributed by atoms with Crippen molar-refractivity contribution in [3.05, 3.63) is 0 Å². The summed E-state index contributed by atoms with van der Waals surface area (Å²) in [6, 6.07) is -1.87. The fourth-order valence-electron chi connectivity index (χ4n) is 1.09. The van der Waals surface area contributed by atoms with Gasteiger partial charge in [0, 0.05) is 6.42 Å². The van der Waals surface area contributed by atoms with Crippen molar-refractivity contribution >= 4 is 17.8 Å². The van der Waals surface area contributed by atoms with Crippen molar-refractivity contribution in [3.8, 4) is 0 Å². The van der Waals surface area contributed by atoms with Crippen molar-refractivity contribution in [2.24, 2.45) is 5.73 Å². The zero-order chi connectivity index (χ0) is 13.4. The summed E-state index contributed by atoms with van der Waals surface area (Å²) in [4.78, 5) is 33.1. The van der Waals surface area contributed by atoms with Crippen LogP contribution in [0.1, 0.15) is 26.2 Å². The number of nitrogens with one attached hydrogen (secondary N) is 1. The molecule has 0 saturated heterocycles. The van der Waals surface area contributed by atoms with Gasteiger partial charge < -0.3 is 20.9 Å². The van der Waals surface area contributed by atoms with Crippen LogP contribution in [-0.2, 0) is 19.1 Å². The van der Waals surface area contributed by atoms with Crippen LogP contribution >= 0.6 is 0 Å². The number of rotatable bonds is 7. The zero-order valence-electron chi connectivity index (χ0n) is 9.93. The minimum absolute atomic E-state index is 0.0236. The van der Waals surface area contributed by atoms with Crippen LogP contribution in [0.2, 0.25) is 0 Å². The minimum Gasteiger partial charge on any atom is -0.480 e. The monoisotopic (exact) mass is 246 g/mol. The molecule has 0 saturated carbocycles. The molecule has 4 N–H and O–H groups in total. The standard InChI is InChI=1S/C10H18N2O5/c1-3-6(11)9(14)12-7(10(15)16)4-5-8(13)17-2/h6-7H,3-5,11H2,1-2H3,(H,12,14)(H,15,16)/t6-,7+/m1/s1. The number of esters is 1. The first-order chi connectivity index (χ1) is 7.92. The van der Waals surface area contributed by atoms with E-state index >= 15 is 0 Å². The van der Waals surface area contributed by atoms with Gasteiger partial charge in [-0.15, -0.1) is 0 Å². The van der Waals surface area contributed by atoms with Gasteiger partial charge in [0.2, 0.25) is 5.91 Å². The van der Waals surface area contributed by atoms with Crippen LogP contribution in [0.4, 0.5) is 0 Å². The molecule has 0 aromatic heterocycles. The number of aliphatic carboxylic acids is 1. The Morgan fingerprint density at radius 2 is 2.00 bits per heavy atom. The lowest BCUT2D eigenvalue weighted by atomic mass is 10.1. The smallest absolute Gasteiger partial charge is 0.326 e. The molecular weight excluding hydrogens is 228 g/mol. The SMILES string of the molecule is CC[C@@H](N)C(=O)N[C@@H](CCC(=O)OC)C(=O)O. The Bertz CT molecular complexity index is 292. The van der Waals surface area contributed by atoms with Crippen LogP contribution < -0.4 is 11.1 Å². The third kappa shape index (κ3) is 5.86. The molecule has 0 aromatic carbocycles. The third-order valence-corrected chi connectivity index (χ3v) is 2.26. The van der Waals surface area contributed by atoms with Gasteiger partial charge in [-0.3, -0.25) is 9.59 Å². The molecule has 0 bridgehead atoms. The van der Waals surface area contributed by atoms with E-state index in [-0.39, 0.29) is 12.8 Å². The first-order valence-electron chi connectivity index (χ1n) is 5.27. The molecule has 0 aromatic rings. The van der Waals surface area contributed by atoms with Gasteiger partial charge in [-0.25, -0.2) is 4.79 Å². The molecule has 0 unspecified atom stereocenters. The van der Waals surface area contributed by atoms with Gasteiger partial charge in [0.25, 0.3) is 0 Å². The van der Waals surface area contributed by atoms with E-state index in [4.69, 9.17) is 10.8 Å². The number of carbonyl (C=O) groups excluding carboxylic acids is 2. The molecule has 17 heavy (non-hydrogen) atoms. The van der Waals surface area contributed by atoms with Gasteiger partial charge in [0.1, 0.15) is 6.04 Å². The number of carboxylic acid groups (broad SMARTS) is 1. The molecule has 0 heterocycles. The van der Waals surface area contributed by atoms with Gasteiger partial charge in [0.05, 0.1) is 13.2 Å². The van der Waals surface area contributed by atoms with Crippen LogP contribution in [0.5, 0.6) is 0 Å². The second-order valence-electron chi connectivity index (χ2n) is 3.53. The fourth-order valence-corrected chi connectivity index (χ4v) is 1.09. The number of hydrogen-bond donors (Lipinski definition) is 3. The molecule has 7 nitrogen and oxygen atoms in total. The Morgan fingerprint density at radius 3 is 2.41 bits per heavy atom. The van der Waals surface area contributed by atoms with E-state index in [9.17, 15) is 14.4 Å². The molecule has 0 aliphatic heterocycles. The summed E-state index contributed by atoms with van der Waals surface area (Å²) in [6.07, 6.45) is 0.314. The predicted octanol–water partition coefficient (Wildman–Crippen LogP) is -0.754. The van der Waals surface area contributed by atoms with E-state index in [0.717, 1.165) is 0 Å². The molecule has 7 heteroatoms. The van der Waals surface area contributed by atoms with Crippen LogP contribution in [0.15, 0.2) is 0 Å². The molecule has 0 fully saturated rings. The number of hydrogen-bond acceptors (Lipinski definition) is 5. The maximum atomic E-state index is 11.4. The first kappa shape index (κ1) is 15.4. The Hall–Kier alpha value is -1.63. The molecule has 98 valence electrons. The van der Waals surface area contributed by atoms with Gasteiger partial charge in [0.15, 0.2) is 0 Å². The molecular formula is C10H18N2O5. The summed E-state index contributed by atoms with van der Waals surface area (Å²) in [5.74, 6) is -2.26. The maximum absolute atomic E-state index is 11.4. The highest BCUT2D eigenvalue weighted by Gasteiger charge is 2.23. The average molecular weight is 246 g/mol. The van der Waals surface area contributed by atoms with E-state index in [1.807, 2.05) is 0 Å². The Kier molecular flexibility index (Phi) is 6.88. The number of carbonyl (C=O) groups is 3. The van der Waals surface area contributed by atoms with E-state index < -0.39 is 29.9 Å². The number of nitrogens with two attached hydrogens (primary N) is 1. The summed E-state index contributed by atoms with van der Waals surface area (Å²) in [5, 5.41) is 11.1. The largest absolute Gasteiger partial charge is 0.480 e. The van der Waals surface area contributed by atoms with Crippen LogP contribution in [0.25, 0.3) is 0 Å². The lowest BCUT2D eigenvalue weighted by Crippen LogP contribution is -2.48. The maximum Gasteiger partial charge on any atom is 0.326 e. The molecule has 0 radical (unpaired) electrons. The Labute approximate surface area is 99.3 Å². The average Bonchev–Trinajstić information content (AvgIpc) is 2.31. The molecule has 2 atom stereocenters. The fraction of sp³-hybridized carbons (Fsp3) is 0.700. The summed E-state index contributed by atoms with van der Waals surface area (Å²) in [6.45, 7) is 1.72.